The summed E-state index contributed by atoms with van der Waals surface area (Å²) in [7, 11) is 0. The third-order valence-electron chi connectivity index (χ3n) is 4.80. The van der Waals surface area contributed by atoms with Gasteiger partial charge >= 0.3 is 6.18 Å². The van der Waals surface area contributed by atoms with Crippen molar-refractivity contribution < 1.29 is 18.0 Å². The van der Waals surface area contributed by atoms with E-state index < -0.39 is 22.9 Å². The second-order valence-electron chi connectivity index (χ2n) is 7.00. The van der Waals surface area contributed by atoms with Gasteiger partial charge in [-0.25, -0.2) is 0 Å². The van der Waals surface area contributed by atoms with Gasteiger partial charge < -0.3 is 9.88 Å². The maximum Gasteiger partial charge on any atom is 0.416 e. The van der Waals surface area contributed by atoms with E-state index in [-0.39, 0.29) is 5.69 Å². The van der Waals surface area contributed by atoms with E-state index in [4.69, 9.17) is 0 Å². The number of amides is 1. The van der Waals surface area contributed by atoms with Gasteiger partial charge in [-0.3, -0.25) is 4.79 Å². The van der Waals surface area contributed by atoms with E-state index in [2.05, 4.69) is 15.5 Å². The maximum absolute atomic E-state index is 13.2. The summed E-state index contributed by atoms with van der Waals surface area (Å²) >= 11 is 2.75. The van der Waals surface area contributed by atoms with Gasteiger partial charge in [0.1, 0.15) is 5.25 Å². The van der Waals surface area contributed by atoms with Gasteiger partial charge in [-0.2, -0.15) is 13.2 Å². The average Bonchev–Trinajstić information content (AvgIpc) is 3.47. The Balaban J connectivity index is 1.64. The monoisotopic (exact) mass is 488 g/mol. The molecule has 0 unspecified atom stereocenters. The standard InChI is InChI=1S/C23H19F3N4OS2/c1-2-30-20(18-12-7-13-32-18)28-29-22(30)33-19(15-8-4-3-5-9-15)21(31)27-17-11-6-10-16(14-17)23(24,25)26/h3-14,19H,2H2,1H3,(H,27,31)/t19-/m1/s1. The molecule has 0 bridgehead atoms. The summed E-state index contributed by atoms with van der Waals surface area (Å²) in [5, 5.41) is 13.0. The molecule has 0 saturated carbocycles. The topological polar surface area (TPSA) is 59.8 Å². The first-order valence-electron chi connectivity index (χ1n) is 10.0. The number of nitrogens with zero attached hydrogens (tertiary/aromatic N) is 3. The molecule has 0 aliphatic rings. The van der Waals surface area contributed by atoms with Crippen LogP contribution in [0.3, 0.4) is 0 Å². The van der Waals surface area contributed by atoms with E-state index >= 15 is 0 Å². The summed E-state index contributed by atoms with van der Waals surface area (Å²) in [4.78, 5) is 14.2. The molecule has 4 aromatic rings. The van der Waals surface area contributed by atoms with Crippen molar-refractivity contribution in [3.63, 3.8) is 0 Å². The number of thioether (sulfide) groups is 1. The van der Waals surface area contributed by atoms with Gasteiger partial charge in [0.2, 0.25) is 5.91 Å². The van der Waals surface area contributed by atoms with E-state index in [1.807, 2.05) is 47.2 Å². The van der Waals surface area contributed by atoms with Crippen LogP contribution >= 0.6 is 23.1 Å². The Kier molecular flexibility index (Phi) is 6.85. The predicted octanol–water partition coefficient (Wildman–Crippen LogP) is 6.52. The molecule has 33 heavy (non-hydrogen) atoms. The van der Waals surface area contributed by atoms with Gasteiger partial charge in [0.15, 0.2) is 11.0 Å². The van der Waals surface area contributed by atoms with Crippen LogP contribution in [0.2, 0.25) is 0 Å². The first-order chi connectivity index (χ1) is 15.9. The number of hydrogen-bond donors (Lipinski definition) is 1. The SMILES string of the molecule is CCn1c(S[C@@H](C(=O)Nc2cccc(C(F)(F)F)c2)c2ccccc2)nnc1-c1cccs1. The molecule has 0 radical (unpaired) electrons. The quantitative estimate of drug-likeness (QED) is 0.301. The molecule has 2 aromatic carbocycles. The lowest BCUT2D eigenvalue weighted by Gasteiger charge is -2.18. The molecule has 2 heterocycles. The van der Waals surface area contributed by atoms with Crippen LogP contribution in [0.1, 0.15) is 23.3 Å². The summed E-state index contributed by atoms with van der Waals surface area (Å²) < 4.78 is 41.2. The summed E-state index contributed by atoms with van der Waals surface area (Å²) in [5.74, 6) is 0.258. The lowest BCUT2D eigenvalue weighted by atomic mass is 10.1. The summed E-state index contributed by atoms with van der Waals surface area (Å²) in [6, 6.07) is 17.5. The number of benzene rings is 2. The van der Waals surface area contributed by atoms with Crippen LogP contribution in [0.15, 0.2) is 77.3 Å². The molecular formula is C23H19F3N4OS2. The minimum Gasteiger partial charge on any atom is -0.325 e. The van der Waals surface area contributed by atoms with E-state index in [0.29, 0.717) is 23.1 Å². The van der Waals surface area contributed by atoms with Gasteiger partial charge in [-0.15, -0.1) is 21.5 Å². The van der Waals surface area contributed by atoms with Crippen molar-refractivity contribution in [2.45, 2.75) is 30.1 Å². The molecule has 10 heteroatoms. The van der Waals surface area contributed by atoms with Crippen LogP contribution in [0, 0.1) is 0 Å². The summed E-state index contributed by atoms with van der Waals surface area (Å²) in [6.07, 6.45) is -4.50. The molecule has 0 saturated heterocycles. The molecule has 170 valence electrons. The predicted molar refractivity (Wildman–Crippen MR) is 124 cm³/mol. The van der Waals surface area contributed by atoms with Gasteiger partial charge in [0, 0.05) is 12.2 Å². The van der Waals surface area contributed by atoms with Crippen LogP contribution in [0.4, 0.5) is 18.9 Å². The van der Waals surface area contributed by atoms with Crippen molar-refractivity contribution in [1.82, 2.24) is 14.8 Å². The average molecular weight is 489 g/mol. The molecule has 2 aromatic heterocycles. The molecule has 0 aliphatic carbocycles. The Labute approximate surface area is 196 Å². The lowest BCUT2D eigenvalue weighted by Crippen LogP contribution is -2.20. The van der Waals surface area contributed by atoms with Crippen molar-refractivity contribution in [1.29, 1.82) is 0 Å². The van der Waals surface area contributed by atoms with Crippen LogP contribution in [0.25, 0.3) is 10.7 Å². The zero-order chi connectivity index (χ0) is 23.4. The van der Waals surface area contributed by atoms with Gasteiger partial charge in [-0.05, 0) is 42.1 Å². The summed E-state index contributed by atoms with van der Waals surface area (Å²) in [6.45, 7) is 2.56. The Morgan fingerprint density at radius 1 is 1.09 bits per heavy atom. The Hall–Kier alpha value is -3.11. The molecule has 1 amide bonds. The molecule has 0 aliphatic heterocycles. The number of aromatic nitrogens is 3. The van der Waals surface area contributed by atoms with Crippen molar-refractivity contribution in [3.8, 4) is 10.7 Å². The fourth-order valence-corrected chi connectivity index (χ4v) is 5.05. The molecule has 0 spiro atoms. The molecule has 4 rings (SSSR count). The van der Waals surface area contributed by atoms with Crippen LogP contribution in [-0.2, 0) is 17.5 Å². The zero-order valence-electron chi connectivity index (χ0n) is 17.4. The number of rotatable bonds is 7. The Bertz CT molecular complexity index is 1220. The Morgan fingerprint density at radius 2 is 1.88 bits per heavy atom. The number of carbonyl (C=O) groups is 1. The molecule has 1 N–H and O–H groups in total. The van der Waals surface area contributed by atoms with E-state index in [1.165, 1.54) is 23.9 Å². The van der Waals surface area contributed by atoms with Crippen LogP contribution in [0.5, 0.6) is 0 Å². The second kappa shape index (κ2) is 9.80. The normalized spacial score (nSPS) is 12.5. The number of alkyl halides is 3. The van der Waals surface area contributed by atoms with Crippen molar-refractivity contribution in [2.24, 2.45) is 0 Å². The van der Waals surface area contributed by atoms with E-state index in [1.54, 1.807) is 23.5 Å². The van der Waals surface area contributed by atoms with Crippen molar-refractivity contribution in [3.05, 3.63) is 83.2 Å². The molecular weight excluding hydrogens is 469 g/mol. The largest absolute Gasteiger partial charge is 0.416 e. The lowest BCUT2D eigenvalue weighted by molar-refractivity contribution is -0.137. The first kappa shape index (κ1) is 23.1. The van der Waals surface area contributed by atoms with Gasteiger partial charge in [0.25, 0.3) is 0 Å². The minimum atomic E-state index is -4.50. The number of anilines is 1. The number of thiophene rings is 1. The highest BCUT2D eigenvalue weighted by atomic mass is 32.2. The smallest absolute Gasteiger partial charge is 0.325 e. The fraction of sp³-hybridized carbons (Fsp3) is 0.174. The first-order valence-corrected chi connectivity index (χ1v) is 11.8. The number of hydrogen-bond acceptors (Lipinski definition) is 5. The number of halogens is 3. The zero-order valence-corrected chi connectivity index (χ0v) is 19.0. The van der Waals surface area contributed by atoms with E-state index in [0.717, 1.165) is 17.0 Å². The van der Waals surface area contributed by atoms with Crippen molar-refractivity contribution in [2.75, 3.05) is 5.32 Å². The van der Waals surface area contributed by atoms with Gasteiger partial charge in [-0.1, -0.05) is 54.2 Å². The highest BCUT2D eigenvalue weighted by Crippen LogP contribution is 2.38. The van der Waals surface area contributed by atoms with Crippen LogP contribution in [-0.4, -0.2) is 20.7 Å². The maximum atomic E-state index is 13.2. The molecule has 0 fully saturated rings. The number of nitrogens with one attached hydrogen (secondary N) is 1. The minimum absolute atomic E-state index is 0.0765. The highest BCUT2D eigenvalue weighted by molar-refractivity contribution is 8.00. The third-order valence-corrected chi connectivity index (χ3v) is 6.90. The highest BCUT2D eigenvalue weighted by Gasteiger charge is 2.31. The molecule has 1 atom stereocenters. The number of carbonyl (C=O) groups excluding carboxylic acids is 1. The van der Waals surface area contributed by atoms with Crippen molar-refractivity contribution >= 4 is 34.7 Å². The fourth-order valence-electron chi connectivity index (χ4n) is 3.24. The molecule has 5 nitrogen and oxygen atoms in total. The third kappa shape index (κ3) is 5.28. The van der Waals surface area contributed by atoms with E-state index in [9.17, 15) is 18.0 Å². The Morgan fingerprint density at radius 3 is 2.55 bits per heavy atom. The van der Waals surface area contributed by atoms with Gasteiger partial charge in [0.05, 0.1) is 10.4 Å². The van der Waals surface area contributed by atoms with Crippen LogP contribution < -0.4 is 5.32 Å². The summed E-state index contributed by atoms with van der Waals surface area (Å²) in [5.41, 5.74) is -0.0431. The second-order valence-corrected chi connectivity index (χ2v) is 9.02.